The van der Waals surface area contributed by atoms with Gasteiger partial charge in [-0.1, -0.05) is 5.57 Å². The number of fused-ring (bicyclic) bond motifs is 3. The minimum absolute atomic E-state index is 0.0243. The lowest BCUT2D eigenvalue weighted by Crippen LogP contribution is -2.50. The third kappa shape index (κ3) is 5.97. The highest BCUT2D eigenvalue weighted by Gasteiger charge is 2.67. The predicted octanol–water partition coefficient (Wildman–Crippen LogP) is 2.54. The average molecular weight is 543 g/mol. The van der Waals surface area contributed by atoms with Crippen LogP contribution in [-0.4, -0.2) is 77.4 Å². The van der Waals surface area contributed by atoms with E-state index in [9.17, 15) is 19.5 Å². The van der Waals surface area contributed by atoms with Crippen molar-refractivity contribution in [2.45, 2.75) is 95.8 Å². The zero-order chi connectivity index (χ0) is 27.1. The number of hydrogen-bond acceptors (Lipinski definition) is 10. The molecule has 0 bridgehead atoms. The molecule has 3 aliphatic heterocycles. The number of ether oxygens (including phenoxy) is 6. The Morgan fingerprint density at radius 3 is 2.38 bits per heavy atom. The first-order chi connectivity index (χ1) is 17.4. The number of esters is 3. The Balaban J connectivity index is 1.80. The van der Waals surface area contributed by atoms with Crippen LogP contribution in [0.25, 0.3) is 0 Å². The van der Waals surface area contributed by atoms with Gasteiger partial charge in [0, 0.05) is 32.8 Å². The molecular formula is C26H35ClO10. The van der Waals surface area contributed by atoms with Crippen LogP contribution in [0, 0.1) is 11.8 Å². The van der Waals surface area contributed by atoms with E-state index in [-0.39, 0.29) is 18.4 Å². The number of hydrogen-bond donors (Lipinski definition) is 1. The van der Waals surface area contributed by atoms with Crippen molar-refractivity contribution in [2.24, 2.45) is 11.8 Å². The summed E-state index contributed by atoms with van der Waals surface area (Å²) < 4.78 is 34.7. The van der Waals surface area contributed by atoms with E-state index in [0.717, 1.165) is 5.57 Å². The molecule has 9 atom stereocenters. The first-order valence-electron chi connectivity index (χ1n) is 12.5. The van der Waals surface area contributed by atoms with Crippen molar-refractivity contribution >= 4 is 29.5 Å². The smallest absolute Gasteiger partial charge is 0.305 e. The van der Waals surface area contributed by atoms with Crippen molar-refractivity contribution in [3.63, 3.8) is 0 Å². The van der Waals surface area contributed by atoms with Gasteiger partial charge in [-0.05, 0) is 38.7 Å². The highest BCUT2D eigenvalue weighted by molar-refractivity contribution is 6.18. The van der Waals surface area contributed by atoms with Gasteiger partial charge in [0.15, 0.2) is 12.2 Å². The summed E-state index contributed by atoms with van der Waals surface area (Å²) in [6.45, 7) is 7.91. The van der Waals surface area contributed by atoms with Gasteiger partial charge in [-0.15, -0.1) is 11.6 Å². The van der Waals surface area contributed by atoms with Crippen LogP contribution in [-0.2, 0) is 42.8 Å². The molecule has 4 aliphatic rings. The molecular weight excluding hydrogens is 508 g/mol. The zero-order valence-electron chi connectivity index (χ0n) is 21.7. The van der Waals surface area contributed by atoms with Crippen LogP contribution in [0.15, 0.2) is 23.5 Å². The van der Waals surface area contributed by atoms with Crippen LogP contribution in [0.3, 0.4) is 0 Å². The highest BCUT2D eigenvalue weighted by Crippen LogP contribution is 2.56. The SMILES string of the molecule is CC(=O)O[C@H]1OC=C([C@@H](OC(C)=O)[C@H](C=C(C)C)OC(C)=O)[C@H]2CC[C@@](O)(CCl)[C@H]3O[C@@H]3C[C@@]3(CO3)[C@H]12. The molecule has 3 fully saturated rings. The largest absolute Gasteiger partial charge is 0.462 e. The maximum Gasteiger partial charge on any atom is 0.305 e. The maximum atomic E-state index is 12.2. The minimum Gasteiger partial charge on any atom is -0.462 e. The highest BCUT2D eigenvalue weighted by atomic mass is 35.5. The number of aliphatic hydroxyl groups is 1. The third-order valence-corrected chi connectivity index (χ3v) is 7.86. The molecule has 0 amide bonds. The lowest BCUT2D eigenvalue weighted by Gasteiger charge is -2.43. The van der Waals surface area contributed by atoms with Crippen LogP contribution >= 0.6 is 11.6 Å². The van der Waals surface area contributed by atoms with Gasteiger partial charge in [0.05, 0.1) is 30.8 Å². The minimum atomic E-state index is -1.27. The number of carbonyl (C=O) groups is 3. The molecule has 0 aromatic carbocycles. The lowest BCUT2D eigenvalue weighted by molar-refractivity contribution is -0.195. The third-order valence-electron chi connectivity index (χ3n) is 7.40. The van der Waals surface area contributed by atoms with E-state index < -0.39 is 65.5 Å². The van der Waals surface area contributed by atoms with Gasteiger partial charge in [0.2, 0.25) is 6.29 Å². The van der Waals surface area contributed by atoms with Gasteiger partial charge >= 0.3 is 17.9 Å². The Bertz CT molecular complexity index is 984. The van der Waals surface area contributed by atoms with Crippen LogP contribution in [0.4, 0.5) is 0 Å². The number of carbonyl (C=O) groups excluding carboxylic acids is 3. The van der Waals surface area contributed by atoms with E-state index in [2.05, 4.69) is 0 Å². The molecule has 0 aromatic heterocycles. The van der Waals surface area contributed by atoms with E-state index >= 15 is 0 Å². The van der Waals surface area contributed by atoms with Crippen LogP contribution in [0.5, 0.6) is 0 Å². The van der Waals surface area contributed by atoms with Crippen LogP contribution in [0.2, 0.25) is 0 Å². The molecule has 3 heterocycles. The molecule has 1 N–H and O–H groups in total. The summed E-state index contributed by atoms with van der Waals surface area (Å²) in [6, 6.07) is 0. The first-order valence-corrected chi connectivity index (χ1v) is 13.0. The van der Waals surface area contributed by atoms with Crippen LogP contribution in [0.1, 0.15) is 53.9 Å². The molecule has 206 valence electrons. The fourth-order valence-electron chi connectivity index (χ4n) is 5.77. The van der Waals surface area contributed by atoms with Crippen molar-refractivity contribution < 1.29 is 47.9 Å². The summed E-state index contributed by atoms with van der Waals surface area (Å²) in [5, 5.41) is 11.3. The number of alkyl halides is 1. The Morgan fingerprint density at radius 1 is 1.16 bits per heavy atom. The molecule has 2 saturated heterocycles. The fraction of sp³-hybridized carbons (Fsp3) is 0.731. The van der Waals surface area contributed by atoms with Gasteiger partial charge < -0.3 is 33.5 Å². The normalized spacial score (nSPS) is 37.5. The average Bonchev–Trinajstić information content (AvgIpc) is 3.72. The summed E-state index contributed by atoms with van der Waals surface area (Å²) in [4.78, 5) is 36.2. The molecule has 0 radical (unpaired) electrons. The topological polar surface area (TPSA) is 133 Å². The van der Waals surface area contributed by atoms with Gasteiger partial charge in [-0.25, -0.2) is 0 Å². The van der Waals surface area contributed by atoms with E-state index in [1.54, 1.807) is 6.08 Å². The maximum absolute atomic E-state index is 12.2. The summed E-state index contributed by atoms with van der Waals surface area (Å²) in [5.74, 6) is -2.59. The first kappa shape index (κ1) is 27.9. The molecule has 1 aliphatic carbocycles. The standard InChI is InChI=1S/C26H35ClO10/c1-13(2)8-19(34-14(3)28)22(35-15(4)29)18-10-32-24(36-16(5)30)21-17(18)6-7-25(31,11-27)23-20(37-23)9-26(21)12-33-26/h8,10,17,19-24,31H,6-7,9,11-12H2,1-5H3/t17-,19+,20-,21+,22-,23+,24-,25-,26-/m1/s1. The summed E-state index contributed by atoms with van der Waals surface area (Å²) in [5.41, 5.74) is -0.630. The second-order valence-electron chi connectivity index (χ2n) is 10.6. The summed E-state index contributed by atoms with van der Waals surface area (Å²) in [6.07, 6.45) is 0.602. The van der Waals surface area contributed by atoms with Gasteiger partial charge in [0.25, 0.3) is 0 Å². The number of halogens is 1. The van der Waals surface area contributed by atoms with Crippen molar-refractivity contribution in [3.05, 3.63) is 23.5 Å². The Hall–Kier alpha value is -2.14. The number of allylic oxidation sites excluding steroid dienone is 1. The molecule has 1 saturated carbocycles. The van der Waals surface area contributed by atoms with Crippen molar-refractivity contribution in [3.8, 4) is 0 Å². The van der Waals surface area contributed by atoms with E-state index in [1.165, 1.54) is 27.0 Å². The Kier molecular flexibility index (Phi) is 7.95. The van der Waals surface area contributed by atoms with E-state index in [0.29, 0.717) is 25.0 Å². The summed E-state index contributed by atoms with van der Waals surface area (Å²) >= 11 is 6.21. The lowest BCUT2D eigenvalue weighted by atomic mass is 9.70. The number of rotatable bonds is 7. The van der Waals surface area contributed by atoms with Gasteiger partial charge in [0.1, 0.15) is 17.3 Å². The molecule has 4 rings (SSSR count). The van der Waals surface area contributed by atoms with Gasteiger partial charge in [-0.3, -0.25) is 14.4 Å². The quantitative estimate of drug-likeness (QED) is 0.168. The molecule has 37 heavy (non-hydrogen) atoms. The van der Waals surface area contributed by atoms with Crippen molar-refractivity contribution in [1.29, 1.82) is 0 Å². The Labute approximate surface area is 221 Å². The molecule has 1 spiro atoms. The fourth-order valence-corrected chi connectivity index (χ4v) is 6.05. The van der Waals surface area contributed by atoms with Crippen LogP contribution < -0.4 is 0 Å². The zero-order valence-corrected chi connectivity index (χ0v) is 22.5. The molecule has 0 unspecified atom stereocenters. The molecule has 10 nitrogen and oxygen atoms in total. The van der Waals surface area contributed by atoms with Gasteiger partial charge in [-0.2, -0.15) is 0 Å². The monoisotopic (exact) mass is 542 g/mol. The van der Waals surface area contributed by atoms with E-state index in [4.69, 9.17) is 40.0 Å². The summed E-state index contributed by atoms with van der Waals surface area (Å²) in [7, 11) is 0. The molecule has 11 heteroatoms. The second kappa shape index (κ2) is 10.6. The van der Waals surface area contributed by atoms with Crippen molar-refractivity contribution in [2.75, 3.05) is 12.5 Å². The Morgan fingerprint density at radius 2 is 1.84 bits per heavy atom. The van der Waals surface area contributed by atoms with Crippen molar-refractivity contribution in [1.82, 2.24) is 0 Å². The molecule has 0 aromatic rings. The predicted molar refractivity (Wildman–Crippen MR) is 129 cm³/mol. The number of epoxide rings is 2. The second-order valence-corrected chi connectivity index (χ2v) is 10.9. The van der Waals surface area contributed by atoms with E-state index in [1.807, 2.05) is 13.8 Å².